The second-order valence-corrected chi connectivity index (χ2v) is 8.14. The molecular weight excluding hydrogens is 383 g/mol. The highest BCUT2D eigenvalue weighted by Crippen LogP contribution is 2.59. The summed E-state index contributed by atoms with van der Waals surface area (Å²) in [5, 5.41) is 15.4. The van der Waals surface area contributed by atoms with Crippen LogP contribution in [0.1, 0.15) is 20.3 Å². The number of carbonyl (C=O) groups excluding carboxylic acids is 1. The van der Waals surface area contributed by atoms with Crippen molar-refractivity contribution in [3.63, 3.8) is 0 Å². The van der Waals surface area contributed by atoms with Gasteiger partial charge in [0.2, 0.25) is 0 Å². The zero-order chi connectivity index (χ0) is 17.0. The smallest absolute Gasteiger partial charge is 0.282 e. The van der Waals surface area contributed by atoms with E-state index in [9.17, 15) is 14.5 Å². The average molecular weight is 401 g/mol. The summed E-state index contributed by atoms with van der Waals surface area (Å²) < 4.78 is 19.5. The quantitative estimate of drug-likeness (QED) is 0.736. The number of rotatable bonds is 6. The number of benzene rings is 1. The van der Waals surface area contributed by atoms with Crippen molar-refractivity contribution in [1.29, 1.82) is 0 Å². The summed E-state index contributed by atoms with van der Waals surface area (Å²) in [5.41, 5.74) is 0.610. The maximum absolute atomic E-state index is 13.2. The van der Waals surface area contributed by atoms with Gasteiger partial charge in [-0.2, -0.15) is 5.10 Å². The van der Waals surface area contributed by atoms with Gasteiger partial charge < -0.3 is 9.63 Å². The van der Waals surface area contributed by atoms with E-state index in [1.54, 1.807) is 13.1 Å². The van der Waals surface area contributed by atoms with Crippen molar-refractivity contribution >= 4 is 40.2 Å². The number of ketones is 1. The monoisotopic (exact) mass is 400 g/mol. The van der Waals surface area contributed by atoms with Crippen molar-refractivity contribution in [3.8, 4) is 0 Å². The number of Topliss-reactive ketones (excluding diaryl/α,β-unsaturated/α-hetero) is 1. The van der Waals surface area contributed by atoms with Gasteiger partial charge in [-0.1, -0.05) is 15.9 Å². The molecule has 1 aliphatic rings. The molecule has 0 unspecified atom stereocenters. The summed E-state index contributed by atoms with van der Waals surface area (Å²) in [6.07, 6.45) is 1.72. The molecule has 0 fully saturated rings. The molecule has 0 aromatic heterocycles. The van der Waals surface area contributed by atoms with Gasteiger partial charge >= 0.3 is 0 Å². The highest BCUT2D eigenvalue weighted by molar-refractivity contribution is 9.10. The Morgan fingerprint density at radius 3 is 2.57 bits per heavy atom. The molecule has 0 saturated heterocycles. The lowest BCUT2D eigenvalue weighted by molar-refractivity contribution is -0.110. The number of nitrogens with zero attached hydrogens (tertiary/aromatic N) is 2. The summed E-state index contributed by atoms with van der Waals surface area (Å²) in [4.78, 5) is 12.0. The second-order valence-electron chi connectivity index (χ2n) is 4.86. The van der Waals surface area contributed by atoms with Crippen LogP contribution >= 0.6 is 23.3 Å². The number of hydrogen-bond donors (Lipinski definition) is 1. The molecule has 0 radical (unpaired) electrons. The van der Waals surface area contributed by atoms with Gasteiger partial charge in [-0.05, 0) is 31.2 Å². The van der Waals surface area contributed by atoms with Crippen molar-refractivity contribution in [3.05, 3.63) is 40.3 Å². The van der Waals surface area contributed by atoms with Gasteiger partial charge in [-0.15, -0.1) is 0 Å². The molecule has 1 aromatic carbocycles. The summed E-state index contributed by atoms with van der Waals surface area (Å²) in [5.74, 6) is -0.410. The van der Waals surface area contributed by atoms with Crippen molar-refractivity contribution < 1.29 is 19.0 Å². The van der Waals surface area contributed by atoms with E-state index in [1.807, 2.05) is 24.3 Å². The van der Waals surface area contributed by atoms with Crippen LogP contribution in [0.15, 0.2) is 45.4 Å². The van der Waals surface area contributed by atoms with Gasteiger partial charge in [0.25, 0.3) is 7.37 Å². The lowest BCUT2D eigenvalue weighted by Crippen LogP contribution is -2.25. The molecular formula is C15H18BrN2O4P. The highest BCUT2D eigenvalue weighted by atomic mass is 79.9. The molecule has 23 heavy (non-hydrogen) atoms. The molecule has 1 N–H and O–H groups in total. The Bertz CT molecular complexity index is 700. The Balaban J connectivity index is 2.53. The van der Waals surface area contributed by atoms with E-state index in [0.717, 1.165) is 4.47 Å². The van der Waals surface area contributed by atoms with Crippen molar-refractivity contribution in [1.82, 2.24) is 0 Å². The predicted octanol–water partition coefficient (Wildman–Crippen LogP) is 3.71. The molecule has 0 bridgehead atoms. The Morgan fingerprint density at radius 1 is 1.39 bits per heavy atom. The first-order valence-corrected chi connectivity index (χ1v) is 9.55. The fourth-order valence-corrected chi connectivity index (χ4v) is 4.67. The summed E-state index contributed by atoms with van der Waals surface area (Å²) in [6.45, 7) is 3.01. The lowest BCUT2D eigenvalue weighted by Gasteiger charge is -2.29. The SMILES string of the molecule is CCO[P@@]1(=O)C(CCO)=CN(c2ccc(Br)cc2)N=C1C(C)=O. The van der Waals surface area contributed by atoms with Crippen LogP contribution in [0.5, 0.6) is 0 Å². The number of hydrazone groups is 1. The molecule has 0 spiro atoms. The highest BCUT2D eigenvalue weighted by Gasteiger charge is 2.41. The first-order chi connectivity index (χ1) is 10.9. The second kappa shape index (κ2) is 7.53. The topological polar surface area (TPSA) is 79.2 Å². The van der Waals surface area contributed by atoms with Gasteiger partial charge in [-0.3, -0.25) is 9.36 Å². The molecule has 124 valence electrons. The van der Waals surface area contributed by atoms with E-state index in [-0.39, 0.29) is 25.1 Å². The summed E-state index contributed by atoms with van der Waals surface area (Å²) in [6, 6.07) is 7.31. The third kappa shape index (κ3) is 3.80. The first kappa shape index (κ1) is 18.1. The lowest BCUT2D eigenvalue weighted by atomic mass is 10.3. The number of carbonyl (C=O) groups is 1. The van der Waals surface area contributed by atoms with E-state index in [0.29, 0.717) is 11.0 Å². The predicted molar refractivity (Wildman–Crippen MR) is 93.8 cm³/mol. The maximum Gasteiger partial charge on any atom is 0.282 e. The number of halogens is 1. The number of anilines is 1. The molecule has 8 heteroatoms. The molecule has 1 aliphatic heterocycles. The van der Waals surface area contributed by atoms with E-state index < -0.39 is 13.2 Å². The molecule has 1 aromatic rings. The van der Waals surface area contributed by atoms with Gasteiger partial charge in [0.05, 0.1) is 12.3 Å². The third-order valence-electron chi connectivity index (χ3n) is 3.22. The van der Waals surface area contributed by atoms with Crippen molar-refractivity contribution in [2.75, 3.05) is 18.2 Å². The average Bonchev–Trinajstić information content (AvgIpc) is 2.50. The van der Waals surface area contributed by atoms with E-state index >= 15 is 0 Å². The van der Waals surface area contributed by atoms with Crippen LogP contribution in [0.3, 0.4) is 0 Å². The maximum atomic E-state index is 13.2. The summed E-state index contributed by atoms with van der Waals surface area (Å²) >= 11 is 3.36. The standard InChI is InChI=1S/C15H18BrN2O4P/c1-3-22-23(21)14(8-9-19)10-18(17-15(23)11(2)20)13-6-4-12(16)5-7-13/h4-7,10,19H,3,8-9H2,1-2H3/t23-/m0/s1. The Labute approximate surface area is 143 Å². The fourth-order valence-electron chi connectivity index (χ4n) is 2.20. The fraction of sp³-hybridized carbons (Fsp3) is 0.333. The normalized spacial score (nSPS) is 21.0. The Kier molecular flexibility index (Phi) is 5.92. The van der Waals surface area contributed by atoms with Crippen LogP contribution in [0.25, 0.3) is 0 Å². The van der Waals surface area contributed by atoms with Crippen LogP contribution in [0, 0.1) is 0 Å². The zero-order valence-corrected chi connectivity index (χ0v) is 15.4. The molecule has 6 nitrogen and oxygen atoms in total. The van der Waals surface area contributed by atoms with Crippen LogP contribution in [-0.4, -0.2) is 29.6 Å². The molecule has 0 aliphatic carbocycles. The zero-order valence-electron chi connectivity index (χ0n) is 12.9. The minimum Gasteiger partial charge on any atom is -0.396 e. The van der Waals surface area contributed by atoms with Crippen LogP contribution in [0.2, 0.25) is 0 Å². The molecule has 2 rings (SSSR count). The van der Waals surface area contributed by atoms with Crippen LogP contribution in [-0.2, 0) is 13.9 Å². The largest absolute Gasteiger partial charge is 0.396 e. The number of hydrogen-bond acceptors (Lipinski definition) is 6. The van der Waals surface area contributed by atoms with Crippen molar-refractivity contribution in [2.45, 2.75) is 20.3 Å². The molecule has 0 amide bonds. The van der Waals surface area contributed by atoms with Crippen LogP contribution in [0.4, 0.5) is 5.69 Å². The van der Waals surface area contributed by atoms with Gasteiger partial charge in [0.1, 0.15) is 0 Å². The molecule has 0 saturated carbocycles. The molecule has 1 heterocycles. The van der Waals surface area contributed by atoms with E-state index in [1.165, 1.54) is 11.9 Å². The first-order valence-electron chi connectivity index (χ1n) is 7.14. The van der Waals surface area contributed by atoms with Gasteiger partial charge in [0, 0.05) is 35.9 Å². The van der Waals surface area contributed by atoms with Gasteiger partial charge in [-0.25, -0.2) is 5.01 Å². The number of aliphatic hydroxyl groups excluding tert-OH is 1. The van der Waals surface area contributed by atoms with Crippen LogP contribution < -0.4 is 5.01 Å². The number of aliphatic hydroxyl groups is 1. The Hall–Kier alpha value is -1.27. The Morgan fingerprint density at radius 2 is 2.04 bits per heavy atom. The van der Waals surface area contributed by atoms with E-state index in [4.69, 9.17) is 4.52 Å². The minimum absolute atomic E-state index is 0.104. The van der Waals surface area contributed by atoms with E-state index in [2.05, 4.69) is 21.0 Å². The van der Waals surface area contributed by atoms with Gasteiger partial charge in [0.15, 0.2) is 11.2 Å². The molecule has 1 atom stereocenters. The minimum atomic E-state index is -3.52. The summed E-state index contributed by atoms with van der Waals surface area (Å²) in [7, 11) is -3.52. The van der Waals surface area contributed by atoms with Crippen molar-refractivity contribution in [2.24, 2.45) is 5.10 Å². The third-order valence-corrected chi connectivity index (χ3v) is 6.42.